The molecule has 3 aromatic carbocycles. The molecule has 0 unspecified atom stereocenters. The Morgan fingerprint density at radius 1 is 0.870 bits per heavy atom. The molecule has 0 saturated heterocycles. The molecule has 0 atom stereocenters. The van der Waals surface area contributed by atoms with E-state index in [4.69, 9.17) is 0 Å². The smallest absolute Gasteiger partial charge is 0.0905 e. The number of nitrogens with zero attached hydrogens (tertiary/aromatic N) is 2. The quantitative estimate of drug-likeness (QED) is 0.519. The summed E-state index contributed by atoms with van der Waals surface area (Å²) in [7, 11) is 2.20. The normalized spacial score (nSPS) is 14.8. The van der Waals surface area contributed by atoms with Gasteiger partial charge in [-0.2, -0.15) is 0 Å². The second kappa shape index (κ2) is 4.64. The molecule has 1 heterocycles. The summed E-state index contributed by atoms with van der Waals surface area (Å²) < 4.78 is 0. The fourth-order valence-electron chi connectivity index (χ4n) is 3.90. The third kappa shape index (κ3) is 1.94. The van der Waals surface area contributed by atoms with E-state index >= 15 is 0 Å². The number of anilines is 2. The molecule has 0 spiro atoms. The van der Waals surface area contributed by atoms with Crippen LogP contribution in [0.4, 0.5) is 11.4 Å². The standard InChI is InChI=1S/C21H24N2/c1-14-15-9-6-7-10-17(15)20-19-16(14)11-8-12-18(19)22(5)13-23(20)21(2,3)4/h6-12H,13H2,1-5H3. The van der Waals surface area contributed by atoms with Crippen LogP contribution in [0.3, 0.4) is 0 Å². The highest BCUT2D eigenvalue weighted by atomic mass is 15.3. The number of benzene rings is 3. The molecular formula is C21H24N2. The summed E-state index contributed by atoms with van der Waals surface area (Å²) in [6.07, 6.45) is 0. The van der Waals surface area contributed by atoms with Crippen molar-refractivity contribution in [2.75, 3.05) is 23.5 Å². The van der Waals surface area contributed by atoms with Gasteiger partial charge in [0.15, 0.2) is 0 Å². The molecule has 0 radical (unpaired) electrons. The number of fused-ring (bicyclic) bond motifs is 2. The zero-order valence-corrected chi connectivity index (χ0v) is 14.6. The Morgan fingerprint density at radius 3 is 2.22 bits per heavy atom. The van der Waals surface area contributed by atoms with Gasteiger partial charge in [0.1, 0.15) is 0 Å². The van der Waals surface area contributed by atoms with E-state index in [0.29, 0.717) is 0 Å². The van der Waals surface area contributed by atoms with Gasteiger partial charge in [-0.25, -0.2) is 0 Å². The maximum absolute atomic E-state index is 2.55. The molecule has 0 N–H and O–H groups in total. The van der Waals surface area contributed by atoms with Crippen LogP contribution in [0.2, 0.25) is 0 Å². The summed E-state index contributed by atoms with van der Waals surface area (Å²) >= 11 is 0. The fraction of sp³-hybridized carbons (Fsp3) is 0.333. The molecule has 1 aliphatic rings. The molecule has 0 bridgehead atoms. The molecule has 23 heavy (non-hydrogen) atoms. The van der Waals surface area contributed by atoms with Gasteiger partial charge in [-0.1, -0.05) is 36.4 Å². The van der Waals surface area contributed by atoms with Crippen LogP contribution in [0.5, 0.6) is 0 Å². The third-order valence-electron chi connectivity index (χ3n) is 5.11. The Kier molecular flexibility index (Phi) is 2.90. The average Bonchev–Trinajstić information content (AvgIpc) is 2.52. The molecule has 2 nitrogen and oxygen atoms in total. The Labute approximate surface area is 138 Å². The fourth-order valence-corrected chi connectivity index (χ4v) is 3.90. The molecule has 118 valence electrons. The first-order valence-corrected chi connectivity index (χ1v) is 8.32. The van der Waals surface area contributed by atoms with Gasteiger partial charge in [0, 0.05) is 29.0 Å². The lowest BCUT2D eigenvalue weighted by atomic mass is 9.91. The summed E-state index contributed by atoms with van der Waals surface area (Å²) in [6, 6.07) is 15.5. The monoisotopic (exact) mass is 304 g/mol. The molecule has 2 heteroatoms. The average molecular weight is 304 g/mol. The Morgan fingerprint density at radius 2 is 1.52 bits per heavy atom. The van der Waals surface area contributed by atoms with Crippen molar-refractivity contribution in [2.24, 2.45) is 0 Å². The van der Waals surface area contributed by atoms with Crippen LogP contribution < -0.4 is 9.80 Å². The molecule has 0 amide bonds. The van der Waals surface area contributed by atoms with Crippen LogP contribution in [0.1, 0.15) is 26.3 Å². The van der Waals surface area contributed by atoms with Gasteiger partial charge in [0.2, 0.25) is 0 Å². The molecule has 0 aliphatic carbocycles. The van der Waals surface area contributed by atoms with Crippen LogP contribution in [-0.4, -0.2) is 19.3 Å². The highest BCUT2D eigenvalue weighted by Gasteiger charge is 2.31. The van der Waals surface area contributed by atoms with E-state index < -0.39 is 0 Å². The summed E-state index contributed by atoms with van der Waals surface area (Å²) in [5.74, 6) is 0. The number of rotatable bonds is 0. The van der Waals surface area contributed by atoms with E-state index in [-0.39, 0.29) is 5.54 Å². The van der Waals surface area contributed by atoms with Gasteiger partial charge < -0.3 is 9.80 Å². The number of hydrogen-bond donors (Lipinski definition) is 0. The van der Waals surface area contributed by atoms with E-state index in [9.17, 15) is 0 Å². The van der Waals surface area contributed by atoms with Gasteiger partial charge in [0.05, 0.1) is 12.4 Å². The predicted molar refractivity (Wildman–Crippen MR) is 102 cm³/mol. The second-order valence-corrected chi connectivity index (χ2v) is 7.66. The second-order valence-electron chi connectivity index (χ2n) is 7.66. The maximum atomic E-state index is 2.55. The number of hydrogen-bond acceptors (Lipinski definition) is 2. The minimum atomic E-state index is 0.0761. The Bertz CT molecular complexity index is 918. The lowest BCUT2D eigenvalue weighted by Crippen LogP contribution is -2.49. The van der Waals surface area contributed by atoms with Crippen LogP contribution in [-0.2, 0) is 0 Å². The van der Waals surface area contributed by atoms with Crippen LogP contribution in [0.25, 0.3) is 21.5 Å². The van der Waals surface area contributed by atoms with Gasteiger partial charge in [-0.3, -0.25) is 0 Å². The topological polar surface area (TPSA) is 6.48 Å². The van der Waals surface area contributed by atoms with Gasteiger partial charge in [-0.05, 0) is 50.1 Å². The molecular weight excluding hydrogens is 280 g/mol. The van der Waals surface area contributed by atoms with Crippen LogP contribution >= 0.6 is 0 Å². The first kappa shape index (κ1) is 14.4. The van der Waals surface area contributed by atoms with Gasteiger partial charge in [-0.15, -0.1) is 0 Å². The molecule has 3 aromatic rings. The van der Waals surface area contributed by atoms with Crippen molar-refractivity contribution >= 4 is 32.9 Å². The van der Waals surface area contributed by atoms with Crippen molar-refractivity contribution < 1.29 is 0 Å². The zero-order chi connectivity index (χ0) is 16.4. The van der Waals surface area contributed by atoms with E-state index in [1.165, 1.54) is 38.5 Å². The minimum Gasteiger partial charge on any atom is -0.356 e. The number of aryl methyl sites for hydroxylation is 1. The van der Waals surface area contributed by atoms with Crippen molar-refractivity contribution in [1.82, 2.24) is 0 Å². The van der Waals surface area contributed by atoms with E-state index in [2.05, 4.69) is 87.0 Å². The summed E-state index contributed by atoms with van der Waals surface area (Å²) in [6.45, 7) is 10.1. The predicted octanol–water partition coefficient (Wildman–Crippen LogP) is 5.31. The van der Waals surface area contributed by atoms with Gasteiger partial charge in [0.25, 0.3) is 0 Å². The molecule has 4 rings (SSSR count). The first-order valence-electron chi connectivity index (χ1n) is 8.32. The van der Waals surface area contributed by atoms with E-state index in [0.717, 1.165) is 6.67 Å². The van der Waals surface area contributed by atoms with Crippen molar-refractivity contribution in [3.63, 3.8) is 0 Å². The Hall–Kier alpha value is -2.22. The molecule has 0 aromatic heterocycles. The first-order chi connectivity index (χ1) is 10.9. The van der Waals surface area contributed by atoms with Crippen molar-refractivity contribution in [3.8, 4) is 0 Å². The highest BCUT2D eigenvalue weighted by molar-refractivity contribution is 6.19. The van der Waals surface area contributed by atoms with Gasteiger partial charge >= 0.3 is 0 Å². The molecule has 1 aliphatic heterocycles. The largest absolute Gasteiger partial charge is 0.356 e. The highest BCUT2D eigenvalue weighted by Crippen LogP contribution is 2.47. The zero-order valence-electron chi connectivity index (χ0n) is 14.6. The van der Waals surface area contributed by atoms with Crippen LogP contribution in [0.15, 0.2) is 42.5 Å². The van der Waals surface area contributed by atoms with E-state index in [1.54, 1.807) is 0 Å². The minimum absolute atomic E-state index is 0.0761. The maximum Gasteiger partial charge on any atom is 0.0905 e. The van der Waals surface area contributed by atoms with Crippen molar-refractivity contribution in [1.29, 1.82) is 0 Å². The lowest BCUT2D eigenvalue weighted by Gasteiger charge is -2.46. The summed E-state index contributed by atoms with van der Waals surface area (Å²) in [5, 5.41) is 5.50. The summed E-state index contributed by atoms with van der Waals surface area (Å²) in [5.41, 5.74) is 4.19. The lowest BCUT2D eigenvalue weighted by molar-refractivity contribution is 0.502. The Balaban J connectivity index is 2.27. The SMILES string of the molecule is Cc1c2ccccc2c2c3c(cccc13)N(C)CN2C(C)(C)C. The summed E-state index contributed by atoms with van der Waals surface area (Å²) in [4.78, 5) is 4.92. The van der Waals surface area contributed by atoms with Crippen molar-refractivity contribution in [3.05, 3.63) is 48.0 Å². The molecule has 0 saturated carbocycles. The van der Waals surface area contributed by atoms with Crippen LogP contribution in [0, 0.1) is 6.92 Å². The van der Waals surface area contributed by atoms with Crippen molar-refractivity contribution in [2.45, 2.75) is 33.2 Å². The molecule has 0 fully saturated rings. The third-order valence-corrected chi connectivity index (χ3v) is 5.11. The van der Waals surface area contributed by atoms with E-state index in [1.807, 2.05) is 0 Å².